The van der Waals surface area contributed by atoms with Gasteiger partial charge < -0.3 is 24.0 Å². The zero-order valence-corrected chi connectivity index (χ0v) is 24.7. The molecule has 3 aromatic rings. The van der Waals surface area contributed by atoms with Gasteiger partial charge in [-0.2, -0.15) is 10.5 Å². The second kappa shape index (κ2) is 13.4. The van der Waals surface area contributed by atoms with Gasteiger partial charge in [-0.1, -0.05) is 6.92 Å². The van der Waals surface area contributed by atoms with E-state index in [9.17, 15) is 15.3 Å². The van der Waals surface area contributed by atoms with Crippen molar-refractivity contribution >= 4 is 23.4 Å². The molecule has 0 spiro atoms. The van der Waals surface area contributed by atoms with Crippen molar-refractivity contribution in [3.8, 4) is 17.9 Å². The summed E-state index contributed by atoms with van der Waals surface area (Å²) < 4.78 is 16.6. The molecule has 0 saturated carbocycles. The molecule has 2 atom stereocenters. The lowest BCUT2D eigenvalue weighted by Crippen LogP contribution is -2.48. The third-order valence-corrected chi connectivity index (χ3v) is 7.89. The fourth-order valence-corrected chi connectivity index (χ4v) is 5.79. The number of carbonyl (C=O) groups excluding carboxylic acids is 1. The summed E-state index contributed by atoms with van der Waals surface area (Å²) in [5.74, 6) is 1.15. The summed E-state index contributed by atoms with van der Waals surface area (Å²) in [7, 11) is 1.61. The van der Waals surface area contributed by atoms with Crippen LogP contribution < -0.4 is 19.4 Å². The fraction of sp³-hybridized carbons (Fsp3) is 0.406. The van der Waals surface area contributed by atoms with Crippen LogP contribution in [-0.2, 0) is 16.0 Å². The Bertz CT molecular complexity index is 1490. The fourth-order valence-electron chi connectivity index (χ4n) is 5.79. The lowest BCUT2D eigenvalue weighted by atomic mass is 9.88. The Balaban J connectivity index is 1.62. The van der Waals surface area contributed by atoms with E-state index in [1.807, 2.05) is 30.6 Å². The molecule has 222 valence electrons. The quantitative estimate of drug-likeness (QED) is 0.360. The largest absolute Gasteiger partial charge is 0.497 e. The Morgan fingerprint density at radius 1 is 1.07 bits per heavy atom. The number of benzene rings is 2. The number of ether oxygens (including phenoxy) is 3. The first-order valence-electron chi connectivity index (χ1n) is 14.5. The van der Waals surface area contributed by atoms with Gasteiger partial charge in [0.05, 0.1) is 80.0 Å². The van der Waals surface area contributed by atoms with Crippen molar-refractivity contribution in [3.05, 3.63) is 71.0 Å². The third kappa shape index (κ3) is 6.32. The molecule has 11 nitrogen and oxygen atoms in total. The van der Waals surface area contributed by atoms with Gasteiger partial charge in [-0.15, -0.1) is 0 Å². The standard InChI is InChI=1S/C32H35N7O4/c1-4-25-15-30(28-16-27(41-3)6-7-29(28)39(25)32(40)43-5-2)38(21-24-13-22(17-33)12-23(14-24)18-34)31-35-19-26(20-36-31)37-8-10-42-11-9-37/h6-7,12-14,16,19-20,25,30H,4-5,8-11,15,21H2,1-3H3. The molecule has 1 fully saturated rings. The van der Waals surface area contributed by atoms with Crippen molar-refractivity contribution in [1.29, 1.82) is 10.5 Å². The zero-order valence-electron chi connectivity index (χ0n) is 24.7. The minimum absolute atomic E-state index is 0.153. The molecular formula is C32H35N7O4. The Kier molecular flexibility index (Phi) is 9.23. The lowest BCUT2D eigenvalue weighted by Gasteiger charge is -2.44. The zero-order chi connectivity index (χ0) is 30.3. The highest BCUT2D eigenvalue weighted by Gasteiger charge is 2.39. The molecule has 2 unspecified atom stereocenters. The number of rotatable bonds is 8. The van der Waals surface area contributed by atoms with Gasteiger partial charge in [0, 0.05) is 31.2 Å². The Morgan fingerprint density at radius 3 is 2.37 bits per heavy atom. The normalized spacial score (nSPS) is 17.8. The van der Waals surface area contributed by atoms with Crippen molar-refractivity contribution in [2.45, 2.75) is 45.3 Å². The van der Waals surface area contributed by atoms with E-state index in [4.69, 9.17) is 24.2 Å². The summed E-state index contributed by atoms with van der Waals surface area (Å²) in [5.41, 5.74) is 4.11. The molecule has 43 heavy (non-hydrogen) atoms. The number of fused-ring (bicyclic) bond motifs is 1. The number of hydrogen-bond donors (Lipinski definition) is 0. The van der Waals surface area contributed by atoms with Crippen molar-refractivity contribution in [1.82, 2.24) is 9.97 Å². The summed E-state index contributed by atoms with van der Waals surface area (Å²) in [5, 5.41) is 19.3. The third-order valence-electron chi connectivity index (χ3n) is 7.89. The number of nitrogens with zero attached hydrogens (tertiary/aromatic N) is 7. The molecule has 0 N–H and O–H groups in total. The lowest BCUT2D eigenvalue weighted by molar-refractivity contribution is 0.122. The number of hydrogen-bond acceptors (Lipinski definition) is 10. The number of methoxy groups -OCH3 is 1. The first kappa shape index (κ1) is 29.6. The van der Waals surface area contributed by atoms with Gasteiger partial charge >= 0.3 is 6.09 Å². The monoisotopic (exact) mass is 581 g/mol. The average Bonchev–Trinajstić information content (AvgIpc) is 3.06. The smallest absolute Gasteiger partial charge is 0.414 e. The van der Waals surface area contributed by atoms with Gasteiger partial charge in [-0.3, -0.25) is 4.90 Å². The van der Waals surface area contributed by atoms with Gasteiger partial charge in [-0.05, 0) is 61.7 Å². The van der Waals surface area contributed by atoms with Crippen LogP contribution in [0.3, 0.4) is 0 Å². The molecule has 2 aromatic carbocycles. The SMILES string of the molecule is CCOC(=O)N1c2ccc(OC)cc2C(N(Cc2cc(C#N)cc(C#N)c2)c2ncc(N3CCOCC3)cn2)CC1CC. The summed E-state index contributed by atoms with van der Waals surface area (Å²) in [6.45, 7) is 7.29. The van der Waals surface area contributed by atoms with Crippen molar-refractivity contribution in [3.63, 3.8) is 0 Å². The van der Waals surface area contributed by atoms with Gasteiger partial charge in [0.15, 0.2) is 0 Å². The molecule has 11 heteroatoms. The van der Waals surface area contributed by atoms with Crippen LogP contribution >= 0.6 is 0 Å². The van der Waals surface area contributed by atoms with E-state index in [2.05, 4.69) is 28.9 Å². The average molecular weight is 582 g/mol. The maximum atomic E-state index is 13.2. The number of morpholine rings is 1. The van der Waals surface area contributed by atoms with Crippen LogP contribution in [0.1, 0.15) is 55.0 Å². The molecule has 5 rings (SSSR count). The van der Waals surface area contributed by atoms with Gasteiger partial charge in [0.1, 0.15) is 5.75 Å². The van der Waals surface area contributed by atoms with E-state index in [1.54, 1.807) is 37.1 Å². The van der Waals surface area contributed by atoms with Crippen LogP contribution in [0.15, 0.2) is 48.8 Å². The van der Waals surface area contributed by atoms with E-state index in [1.165, 1.54) is 0 Å². The van der Waals surface area contributed by atoms with E-state index in [0.717, 1.165) is 35.6 Å². The highest BCUT2D eigenvalue weighted by molar-refractivity contribution is 5.90. The first-order chi connectivity index (χ1) is 21.0. The van der Waals surface area contributed by atoms with Crippen molar-refractivity contribution in [2.75, 3.05) is 54.7 Å². The minimum Gasteiger partial charge on any atom is -0.497 e. The Labute approximate surface area is 251 Å². The predicted molar refractivity (Wildman–Crippen MR) is 161 cm³/mol. The first-order valence-corrected chi connectivity index (χ1v) is 14.5. The molecule has 2 aliphatic rings. The van der Waals surface area contributed by atoms with Crippen LogP contribution in [0.2, 0.25) is 0 Å². The van der Waals surface area contributed by atoms with E-state index < -0.39 is 6.09 Å². The van der Waals surface area contributed by atoms with Gasteiger partial charge in [0.2, 0.25) is 5.95 Å². The summed E-state index contributed by atoms with van der Waals surface area (Å²) in [4.78, 5) is 28.9. The topological polar surface area (TPSA) is 128 Å². The minimum atomic E-state index is -0.391. The summed E-state index contributed by atoms with van der Waals surface area (Å²) >= 11 is 0. The highest BCUT2D eigenvalue weighted by atomic mass is 16.6. The number of nitriles is 2. The van der Waals surface area contributed by atoms with E-state index in [-0.39, 0.29) is 18.7 Å². The molecular weight excluding hydrogens is 546 g/mol. The van der Waals surface area contributed by atoms with Crippen LogP contribution in [0.5, 0.6) is 5.75 Å². The Hall–Kier alpha value is -4.87. The molecule has 1 aromatic heterocycles. The van der Waals surface area contributed by atoms with E-state index >= 15 is 0 Å². The molecule has 0 bridgehead atoms. The predicted octanol–water partition coefficient (Wildman–Crippen LogP) is 4.96. The maximum Gasteiger partial charge on any atom is 0.414 e. The molecule has 1 saturated heterocycles. The number of carbonyl (C=O) groups is 1. The highest BCUT2D eigenvalue weighted by Crippen LogP contribution is 2.44. The van der Waals surface area contributed by atoms with Crippen LogP contribution in [0.4, 0.5) is 22.1 Å². The summed E-state index contributed by atoms with van der Waals surface area (Å²) in [6.07, 6.45) is 4.54. The summed E-state index contributed by atoms with van der Waals surface area (Å²) in [6, 6.07) is 14.7. The molecule has 0 radical (unpaired) electrons. The van der Waals surface area contributed by atoms with Crippen molar-refractivity contribution in [2.24, 2.45) is 0 Å². The van der Waals surface area contributed by atoms with Crippen molar-refractivity contribution < 1.29 is 19.0 Å². The molecule has 2 aliphatic heterocycles. The van der Waals surface area contributed by atoms with Crippen LogP contribution in [0.25, 0.3) is 0 Å². The number of amides is 1. The second-order valence-corrected chi connectivity index (χ2v) is 10.4. The van der Waals surface area contributed by atoms with Crippen LogP contribution in [-0.4, -0.2) is 62.1 Å². The number of aromatic nitrogens is 2. The maximum absolute atomic E-state index is 13.2. The molecule has 3 heterocycles. The number of anilines is 3. The van der Waals surface area contributed by atoms with Crippen LogP contribution in [0, 0.1) is 22.7 Å². The van der Waals surface area contributed by atoms with Gasteiger partial charge in [0.25, 0.3) is 0 Å². The molecule has 0 aliphatic carbocycles. The van der Waals surface area contributed by atoms with Gasteiger partial charge in [-0.25, -0.2) is 14.8 Å². The van der Waals surface area contributed by atoms with E-state index in [0.29, 0.717) is 55.4 Å². The Morgan fingerprint density at radius 2 is 1.77 bits per heavy atom. The molecule has 1 amide bonds. The second-order valence-electron chi connectivity index (χ2n) is 10.4.